The third-order valence-electron chi connectivity index (χ3n) is 5.87. The van der Waals surface area contributed by atoms with Crippen LogP contribution in [0.4, 0.5) is 5.69 Å². The van der Waals surface area contributed by atoms with E-state index < -0.39 is 0 Å². The zero-order valence-corrected chi connectivity index (χ0v) is 17.4. The fourth-order valence-corrected chi connectivity index (χ4v) is 4.23. The quantitative estimate of drug-likeness (QED) is 0.546. The first-order chi connectivity index (χ1) is 15.2. The van der Waals surface area contributed by atoms with E-state index in [1.165, 1.54) is 0 Å². The summed E-state index contributed by atoms with van der Waals surface area (Å²) in [6.07, 6.45) is 0. The molecule has 1 N–H and O–H groups in total. The van der Waals surface area contributed by atoms with Crippen LogP contribution in [0.1, 0.15) is 10.5 Å². The number of hydrogen-bond acceptors (Lipinski definition) is 4. The number of H-pyrrole nitrogens is 1. The van der Waals surface area contributed by atoms with Crippen molar-refractivity contribution in [2.75, 3.05) is 38.2 Å². The highest BCUT2D eigenvalue weighted by atomic mass is 16.5. The van der Waals surface area contributed by atoms with Gasteiger partial charge in [-0.15, -0.1) is 0 Å². The smallest absolute Gasteiger partial charge is 0.272 e. The molecule has 6 nitrogen and oxygen atoms in total. The summed E-state index contributed by atoms with van der Waals surface area (Å²) < 4.78 is 5.48. The van der Waals surface area contributed by atoms with E-state index in [0.29, 0.717) is 18.8 Å². The number of para-hydroxylation sites is 2. The zero-order valence-electron chi connectivity index (χ0n) is 17.4. The van der Waals surface area contributed by atoms with Crippen LogP contribution in [0.5, 0.6) is 5.75 Å². The van der Waals surface area contributed by atoms with Crippen LogP contribution in [0.25, 0.3) is 22.0 Å². The molecule has 4 aromatic rings. The van der Waals surface area contributed by atoms with Crippen molar-refractivity contribution in [3.63, 3.8) is 0 Å². The van der Waals surface area contributed by atoms with Crippen LogP contribution < -0.4 is 9.64 Å². The fraction of sp³-hybridized carbons (Fsp3) is 0.200. The highest BCUT2D eigenvalue weighted by Crippen LogP contribution is 2.29. The Morgan fingerprint density at radius 1 is 0.935 bits per heavy atom. The average Bonchev–Trinajstić information content (AvgIpc) is 3.33. The molecule has 0 atom stereocenters. The van der Waals surface area contributed by atoms with Gasteiger partial charge in [0.2, 0.25) is 0 Å². The van der Waals surface area contributed by atoms with Gasteiger partial charge in [-0.2, -0.15) is 5.10 Å². The lowest BCUT2D eigenvalue weighted by Gasteiger charge is -2.36. The van der Waals surface area contributed by atoms with Crippen LogP contribution in [0.2, 0.25) is 0 Å². The van der Waals surface area contributed by atoms with E-state index in [-0.39, 0.29) is 5.91 Å². The van der Waals surface area contributed by atoms with Crippen LogP contribution in [-0.2, 0) is 0 Å². The van der Waals surface area contributed by atoms with Gasteiger partial charge < -0.3 is 14.5 Å². The zero-order chi connectivity index (χ0) is 21.2. The van der Waals surface area contributed by atoms with Crippen molar-refractivity contribution in [2.24, 2.45) is 0 Å². The summed E-state index contributed by atoms with van der Waals surface area (Å²) in [5.41, 5.74) is 3.40. The minimum atomic E-state index is -0.0151. The molecule has 3 aromatic carbocycles. The molecule has 0 aliphatic carbocycles. The molecule has 31 heavy (non-hydrogen) atoms. The number of nitrogens with one attached hydrogen (secondary N) is 1. The predicted molar refractivity (Wildman–Crippen MR) is 123 cm³/mol. The van der Waals surface area contributed by atoms with Gasteiger partial charge in [0.1, 0.15) is 11.4 Å². The maximum atomic E-state index is 13.1. The van der Waals surface area contributed by atoms with Crippen LogP contribution in [0.3, 0.4) is 0 Å². The van der Waals surface area contributed by atoms with Crippen LogP contribution in [-0.4, -0.2) is 54.3 Å². The minimum Gasteiger partial charge on any atom is -0.495 e. The van der Waals surface area contributed by atoms with Gasteiger partial charge in [0.15, 0.2) is 0 Å². The Kier molecular flexibility index (Phi) is 5.04. The molecule has 0 bridgehead atoms. The maximum absolute atomic E-state index is 13.1. The van der Waals surface area contributed by atoms with Crippen LogP contribution in [0, 0.1) is 0 Å². The third kappa shape index (κ3) is 3.61. The Hall–Kier alpha value is -3.80. The van der Waals surface area contributed by atoms with Crippen molar-refractivity contribution in [1.82, 2.24) is 15.1 Å². The number of methoxy groups -OCH3 is 1. The van der Waals surface area contributed by atoms with Gasteiger partial charge >= 0.3 is 0 Å². The number of anilines is 1. The highest BCUT2D eigenvalue weighted by molar-refractivity contribution is 5.98. The van der Waals surface area contributed by atoms with Crippen molar-refractivity contribution >= 4 is 22.4 Å². The number of rotatable bonds is 4. The third-order valence-corrected chi connectivity index (χ3v) is 5.87. The number of nitrogens with zero attached hydrogens (tertiary/aromatic N) is 3. The Labute approximate surface area is 181 Å². The lowest BCUT2D eigenvalue weighted by atomic mass is 10.0. The number of aromatic nitrogens is 2. The number of benzene rings is 3. The van der Waals surface area contributed by atoms with Gasteiger partial charge in [0, 0.05) is 31.7 Å². The summed E-state index contributed by atoms with van der Waals surface area (Å²) in [7, 11) is 1.68. The standard InChI is InChI=1S/C25H24N4O2/c1-31-24-12-5-4-11-23(24)28-13-15-29(16-14-28)25(30)22-17-21(26-27-22)20-10-6-8-18-7-2-3-9-19(18)20/h2-12,17H,13-16H2,1H3,(H,26,27). The van der Waals surface area contributed by atoms with Gasteiger partial charge in [-0.05, 0) is 29.0 Å². The molecular formula is C25H24N4O2. The number of fused-ring (bicyclic) bond motifs is 1. The molecule has 1 fully saturated rings. The molecule has 1 aromatic heterocycles. The monoisotopic (exact) mass is 412 g/mol. The van der Waals surface area contributed by atoms with Crippen molar-refractivity contribution < 1.29 is 9.53 Å². The first kappa shape index (κ1) is 19.2. The van der Waals surface area contributed by atoms with Crippen molar-refractivity contribution in [3.8, 4) is 17.0 Å². The van der Waals surface area contributed by atoms with Crippen molar-refractivity contribution in [3.05, 3.63) is 78.5 Å². The predicted octanol–water partition coefficient (Wildman–Crippen LogP) is 4.20. The molecule has 0 spiro atoms. The average molecular weight is 412 g/mol. The van der Waals surface area contributed by atoms with E-state index in [1.54, 1.807) is 7.11 Å². The Morgan fingerprint density at radius 3 is 2.52 bits per heavy atom. The summed E-state index contributed by atoms with van der Waals surface area (Å²) in [6, 6.07) is 24.2. The first-order valence-electron chi connectivity index (χ1n) is 10.5. The van der Waals surface area contributed by atoms with E-state index >= 15 is 0 Å². The second-order valence-corrected chi connectivity index (χ2v) is 7.64. The highest BCUT2D eigenvalue weighted by Gasteiger charge is 2.25. The number of aromatic amines is 1. The Balaban J connectivity index is 1.31. The molecule has 1 aliphatic rings. The van der Waals surface area contributed by atoms with E-state index in [1.807, 2.05) is 53.4 Å². The number of piperazine rings is 1. The number of ether oxygens (including phenoxy) is 1. The topological polar surface area (TPSA) is 61.5 Å². The van der Waals surface area contributed by atoms with Crippen LogP contribution in [0.15, 0.2) is 72.8 Å². The molecule has 0 unspecified atom stereocenters. The molecule has 5 rings (SSSR count). The summed E-state index contributed by atoms with van der Waals surface area (Å²) in [4.78, 5) is 17.2. The fourth-order valence-electron chi connectivity index (χ4n) is 4.23. The summed E-state index contributed by atoms with van der Waals surface area (Å²) in [6.45, 7) is 2.83. The van der Waals surface area contributed by atoms with Crippen molar-refractivity contribution in [1.29, 1.82) is 0 Å². The van der Waals surface area contributed by atoms with Gasteiger partial charge in [-0.1, -0.05) is 54.6 Å². The number of amides is 1. The molecule has 0 saturated carbocycles. The van der Waals surface area contributed by atoms with Gasteiger partial charge in [-0.3, -0.25) is 9.89 Å². The maximum Gasteiger partial charge on any atom is 0.272 e. The number of carbonyl (C=O) groups excluding carboxylic acids is 1. The number of hydrogen-bond donors (Lipinski definition) is 1. The lowest BCUT2D eigenvalue weighted by Crippen LogP contribution is -2.49. The Morgan fingerprint density at radius 2 is 1.68 bits per heavy atom. The minimum absolute atomic E-state index is 0.0151. The van der Waals surface area contributed by atoms with Crippen molar-refractivity contribution in [2.45, 2.75) is 0 Å². The van der Waals surface area contributed by atoms with E-state index in [2.05, 4.69) is 39.4 Å². The summed E-state index contributed by atoms with van der Waals surface area (Å²) in [5.74, 6) is 0.842. The Bertz CT molecular complexity index is 1220. The SMILES string of the molecule is COc1ccccc1N1CCN(C(=O)c2cc(-c3cccc4ccccc34)n[nH]2)CC1. The summed E-state index contributed by atoms with van der Waals surface area (Å²) in [5, 5.41) is 9.67. The summed E-state index contributed by atoms with van der Waals surface area (Å²) >= 11 is 0. The van der Waals surface area contributed by atoms with Gasteiger partial charge in [0.25, 0.3) is 5.91 Å². The second kappa shape index (κ2) is 8.14. The first-order valence-corrected chi connectivity index (χ1v) is 10.5. The molecule has 1 aliphatic heterocycles. The second-order valence-electron chi connectivity index (χ2n) is 7.64. The number of carbonyl (C=O) groups is 1. The lowest BCUT2D eigenvalue weighted by molar-refractivity contribution is 0.0740. The largest absolute Gasteiger partial charge is 0.495 e. The van der Waals surface area contributed by atoms with E-state index in [9.17, 15) is 4.79 Å². The van der Waals surface area contributed by atoms with E-state index in [0.717, 1.165) is 46.6 Å². The molecular weight excluding hydrogens is 388 g/mol. The molecule has 156 valence electrons. The molecule has 6 heteroatoms. The van der Waals surface area contributed by atoms with E-state index in [4.69, 9.17) is 4.74 Å². The molecule has 1 amide bonds. The molecule has 0 radical (unpaired) electrons. The van der Waals surface area contributed by atoms with Gasteiger partial charge in [0.05, 0.1) is 18.5 Å². The van der Waals surface area contributed by atoms with Crippen LogP contribution >= 0.6 is 0 Å². The normalized spacial score (nSPS) is 14.1. The molecule has 1 saturated heterocycles. The van der Waals surface area contributed by atoms with Gasteiger partial charge in [-0.25, -0.2) is 0 Å². The molecule has 2 heterocycles.